The van der Waals surface area contributed by atoms with Crippen molar-refractivity contribution in [2.45, 2.75) is 38.4 Å². The van der Waals surface area contributed by atoms with Crippen LogP contribution in [0.4, 0.5) is 0 Å². The van der Waals surface area contributed by atoms with E-state index in [9.17, 15) is 9.59 Å². The molecule has 1 aromatic heterocycles. The first-order valence-corrected chi connectivity index (χ1v) is 8.32. The number of piperidine rings is 1. The van der Waals surface area contributed by atoms with Crippen molar-refractivity contribution in [3.8, 4) is 0 Å². The molecule has 2 heterocycles. The van der Waals surface area contributed by atoms with Gasteiger partial charge in [0.25, 0.3) is 0 Å². The lowest BCUT2D eigenvalue weighted by Crippen LogP contribution is -2.52. The van der Waals surface area contributed by atoms with Crippen LogP contribution in [-0.4, -0.2) is 39.1 Å². The molecule has 6 heteroatoms. The molecule has 1 unspecified atom stereocenters. The standard InChI is InChI=1S/C18H22N4O2/c23-17(9-13-22-12-5-10-19-22)20-16-8-4-11-21(18(16)24)14-15-6-2-1-3-7-15/h1-3,5-7,10,12,16H,4,8-9,11,13-14H2,(H,20,23). The van der Waals surface area contributed by atoms with Gasteiger partial charge in [-0.25, -0.2) is 0 Å². The molecule has 2 aromatic rings. The summed E-state index contributed by atoms with van der Waals surface area (Å²) in [6.45, 7) is 1.86. The minimum Gasteiger partial charge on any atom is -0.344 e. The molecule has 6 nitrogen and oxygen atoms in total. The van der Waals surface area contributed by atoms with Crippen LogP contribution in [0, 0.1) is 0 Å². The van der Waals surface area contributed by atoms with Crippen molar-refractivity contribution in [1.29, 1.82) is 0 Å². The number of likely N-dealkylation sites (tertiary alicyclic amines) is 1. The van der Waals surface area contributed by atoms with E-state index in [1.807, 2.05) is 47.5 Å². The summed E-state index contributed by atoms with van der Waals surface area (Å²) in [5, 5.41) is 6.95. The molecular weight excluding hydrogens is 304 g/mol. The topological polar surface area (TPSA) is 67.2 Å². The number of hydrogen-bond donors (Lipinski definition) is 1. The first kappa shape index (κ1) is 16.2. The molecule has 1 aliphatic rings. The van der Waals surface area contributed by atoms with E-state index in [2.05, 4.69) is 10.4 Å². The van der Waals surface area contributed by atoms with Gasteiger partial charge in [0.2, 0.25) is 11.8 Å². The SMILES string of the molecule is O=C(CCn1cccn1)NC1CCCN(Cc2ccccc2)C1=O. The van der Waals surface area contributed by atoms with Gasteiger partial charge in [-0.05, 0) is 24.5 Å². The number of aromatic nitrogens is 2. The van der Waals surface area contributed by atoms with Crippen LogP contribution >= 0.6 is 0 Å². The molecule has 2 amide bonds. The van der Waals surface area contributed by atoms with Gasteiger partial charge in [-0.15, -0.1) is 0 Å². The summed E-state index contributed by atoms with van der Waals surface area (Å²) in [6, 6.07) is 11.3. The Balaban J connectivity index is 1.51. The molecule has 0 radical (unpaired) electrons. The summed E-state index contributed by atoms with van der Waals surface area (Å²) in [7, 11) is 0. The van der Waals surface area contributed by atoms with Crippen molar-refractivity contribution in [1.82, 2.24) is 20.0 Å². The van der Waals surface area contributed by atoms with Crippen molar-refractivity contribution in [3.05, 3.63) is 54.4 Å². The van der Waals surface area contributed by atoms with Gasteiger partial charge in [-0.1, -0.05) is 30.3 Å². The van der Waals surface area contributed by atoms with Crippen LogP contribution in [0.2, 0.25) is 0 Å². The number of nitrogens with zero attached hydrogens (tertiary/aromatic N) is 3. The molecule has 1 aliphatic heterocycles. The number of amides is 2. The monoisotopic (exact) mass is 326 g/mol. The van der Waals surface area contributed by atoms with Crippen molar-refractivity contribution in [2.75, 3.05) is 6.54 Å². The summed E-state index contributed by atoms with van der Waals surface area (Å²) in [6.07, 6.45) is 5.44. The fourth-order valence-electron chi connectivity index (χ4n) is 2.95. The van der Waals surface area contributed by atoms with E-state index in [-0.39, 0.29) is 11.8 Å². The molecule has 0 spiro atoms. The summed E-state index contributed by atoms with van der Waals surface area (Å²) >= 11 is 0. The molecule has 3 rings (SSSR count). The second-order valence-corrected chi connectivity index (χ2v) is 6.03. The molecular formula is C18H22N4O2. The zero-order valence-electron chi connectivity index (χ0n) is 13.6. The van der Waals surface area contributed by atoms with E-state index in [4.69, 9.17) is 0 Å². The van der Waals surface area contributed by atoms with Gasteiger partial charge in [0.05, 0.1) is 0 Å². The van der Waals surface area contributed by atoms with Gasteiger partial charge in [0.1, 0.15) is 6.04 Å². The van der Waals surface area contributed by atoms with Crippen LogP contribution in [0.1, 0.15) is 24.8 Å². The van der Waals surface area contributed by atoms with Crippen LogP contribution in [0.5, 0.6) is 0 Å². The predicted octanol–water partition coefficient (Wildman–Crippen LogP) is 1.58. The lowest BCUT2D eigenvalue weighted by Gasteiger charge is -2.32. The zero-order valence-corrected chi connectivity index (χ0v) is 13.6. The first-order valence-electron chi connectivity index (χ1n) is 8.32. The number of hydrogen-bond acceptors (Lipinski definition) is 3. The highest BCUT2D eigenvalue weighted by molar-refractivity contribution is 5.88. The molecule has 1 aromatic carbocycles. The first-order chi connectivity index (χ1) is 11.7. The van der Waals surface area contributed by atoms with E-state index < -0.39 is 6.04 Å². The van der Waals surface area contributed by atoms with Crippen molar-refractivity contribution >= 4 is 11.8 Å². The Morgan fingerprint density at radius 1 is 1.25 bits per heavy atom. The van der Waals surface area contributed by atoms with E-state index >= 15 is 0 Å². The number of rotatable bonds is 6. The summed E-state index contributed by atoms with van der Waals surface area (Å²) in [4.78, 5) is 26.5. The number of carbonyl (C=O) groups is 2. The van der Waals surface area contributed by atoms with E-state index in [1.54, 1.807) is 10.9 Å². The highest BCUT2D eigenvalue weighted by Crippen LogP contribution is 2.15. The summed E-state index contributed by atoms with van der Waals surface area (Å²) < 4.78 is 1.71. The molecule has 1 saturated heterocycles. The molecule has 1 atom stereocenters. The largest absolute Gasteiger partial charge is 0.344 e. The second kappa shape index (κ2) is 7.77. The molecule has 1 fully saturated rings. The molecule has 126 valence electrons. The Morgan fingerprint density at radius 2 is 2.08 bits per heavy atom. The Hall–Kier alpha value is -2.63. The van der Waals surface area contributed by atoms with Gasteiger partial charge in [-0.3, -0.25) is 14.3 Å². The third-order valence-electron chi connectivity index (χ3n) is 4.21. The summed E-state index contributed by atoms with van der Waals surface area (Å²) in [5.41, 5.74) is 1.11. The Morgan fingerprint density at radius 3 is 2.83 bits per heavy atom. The van der Waals surface area contributed by atoms with Crippen LogP contribution < -0.4 is 5.32 Å². The van der Waals surface area contributed by atoms with E-state index in [0.29, 0.717) is 25.9 Å². The van der Waals surface area contributed by atoms with Crippen LogP contribution in [0.25, 0.3) is 0 Å². The normalized spacial score (nSPS) is 17.8. The third-order valence-corrected chi connectivity index (χ3v) is 4.21. The molecule has 0 aliphatic carbocycles. The Kier molecular flexibility index (Phi) is 5.25. The lowest BCUT2D eigenvalue weighted by molar-refractivity contribution is -0.139. The smallest absolute Gasteiger partial charge is 0.245 e. The number of carbonyl (C=O) groups excluding carboxylic acids is 2. The summed E-state index contributed by atoms with van der Waals surface area (Å²) in [5.74, 6) is -0.0945. The molecule has 1 N–H and O–H groups in total. The van der Waals surface area contributed by atoms with Crippen LogP contribution in [0.15, 0.2) is 48.8 Å². The maximum Gasteiger partial charge on any atom is 0.245 e. The minimum atomic E-state index is -0.410. The second-order valence-electron chi connectivity index (χ2n) is 6.03. The molecule has 24 heavy (non-hydrogen) atoms. The van der Waals surface area contributed by atoms with E-state index in [1.165, 1.54) is 0 Å². The Labute approximate surface area is 141 Å². The van der Waals surface area contributed by atoms with Crippen molar-refractivity contribution < 1.29 is 9.59 Å². The highest BCUT2D eigenvalue weighted by Gasteiger charge is 2.29. The van der Waals surface area contributed by atoms with Gasteiger partial charge < -0.3 is 10.2 Å². The maximum atomic E-state index is 12.6. The highest BCUT2D eigenvalue weighted by atomic mass is 16.2. The van der Waals surface area contributed by atoms with Gasteiger partial charge >= 0.3 is 0 Å². The van der Waals surface area contributed by atoms with Crippen LogP contribution in [0.3, 0.4) is 0 Å². The maximum absolute atomic E-state index is 12.6. The van der Waals surface area contributed by atoms with Crippen LogP contribution in [-0.2, 0) is 22.7 Å². The zero-order chi connectivity index (χ0) is 16.8. The number of benzene rings is 1. The lowest BCUT2D eigenvalue weighted by atomic mass is 10.0. The van der Waals surface area contributed by atoms with E-state index in [0.717, 1.165) is 18.5 Å². The minimum absolute atomic E-state index is 0.0116. The average Bonchev–Trinajstić information content (AvgIpc) is 3.11. The van der Waals surface area contributed by atoms with Crippen molar-refractivity contribution in [3.63, 3.8) is 0 Å². The third kappa shape index (κ3) is 4.22. The quantitative estimate of drug-likeness (QED) is 0.876. The number of nitrogens with one attached hydrogen (secondary N) is 1. The molecule has 0 saturated carbocycles. The fraction of sp³-hybridized carbons (Fsp3) is 0.389. The fourth-order valence-corrected chi connectivity index (χ4v) is 2.95. The number of aryl methyl sites for hydroxylation is 1. The van der Waals surface area contributed by atoms with Gasteiger partial charge in [0.15, 0.2) is 0 Å². The van der Waals surface area contributed by atoms with Gasteiger partial charge in [-0.2, -0.15) is 5.10 Å². The van der Waals surface area contributed by atoms with Gasteiger partial charge in [0, 0.05) is 38.4 Å². The Bertz CT molecular complexity index is 670. The molecule has 0 bridgehead atoms. The van der Waals surface area contributed by atoms with Crippen molar-refractivity contribution in [2.24, 2.45) is 0 Å². The predicted molar refractivity (Wildman–Crippen MR) is 89.9 cm³/mol. The average molecular weight is 326 g/mol.